The molecule has 0 atom stereocenters. The molecule has 1 aromatic carbocycles. The molecule has 1 rings (SSSR count). The van der Waals surface area contributed by atoms with E-state index in [4.69, 9.17) is 9.84 Å². The average molecular weight is 305 g/mol. The summed E-state index contributed by atoms with van der Waals surface area (Å²) in [5.41, 5.74) is -0.987. The number of hydrogen-bond acceptors (Lipinski definition) is 3. The zero-order chi connectivity index (χ0) is 16.0. The van der Waals surface area contributed by atoms with Gasteiger partial charge in [0.25, 0.3) is 5.91 Å². The molecule has 0 radical (unpaired) electrons. The normalized spacial score (nSPS) is 11.0. The minimum Gasteiger partial charge on any atom is -0.483 e. The Morgan fingerprint density at radius 3 is 2.43 bits per heavy atom. The number of carboxylic acid groups (broad SMARTS) is 1. The third-order valence-electron chi connectivity index (χ3n) is 2.60. The fraction of sp³-hybridized carbons (Fsp3) is 0.385. The maximum Gasteiger partial charge on any atom is 0.419 e. The molecule has 0 heterocycles. The number of benzene rings is 1. The lowest BCUT2D eigenvalue weighted by Gasteiger charge is -2.19. The van der Waals surface area contributed by atoms with Crippen LogP contribution in [0, 0.1) is 0 Å². The van der Waals surface area contributed by atoms with Gasteiger partial charge in [0.15, 0.2) is 6.61 Å². The first-order chi connectivity index (χ1) is 9.75. The van der Waals surface area contributed by atoms with Gasteiger partial charge in [0.1, 0.15) is 12.3 Å². The molecule has 0 aliphatic heterocycles. The molecule has 8 heteroatoms. The highest BCUT2D eigenvalue weighted by molar-refractivity contribution is 5.82. The first-order valence-corrected chi connectivity index (χ1v) is 6.04. The van der Waals surface area contributed by atoms with Crippen molar-refractivity contribution in [1.82, 2.24) is 4.90 Å². The molecule has 0 aromatic heterocycles. The molecule has 0 saturated heterocycles. The highest BCUT2D eigenvalue weighted by Gasteiger charge is 2.34. The van der Waals surface area contributed by atoms with E-state index in [1.807, 2.05) is 0 Å². The van der Waals surface area contributed by atoms with Gasteiger partial charge in [-0.1, -0.05) is 12.1 Å². The van der Waals surface area contributed by atoms with Crippen LogP contribution in [0.5, 0.6) is 5.75 Å². The number of nitrogens with zero attached hydrogens (tertiary/aromatic N) is 1. The Balaban J connectivity index is 2.75. The maximum absolute atomic E-state index is 12.7. The summed E-state index contributed by atoms with van der Waals surface area (Å²) in [6.45, 7) is 0.494. The lowest BCUT2D eigenvalue weighted by atomic mass is 10.2. The minimum atomic E-state index is -4.59. The molecule has 0 fully saturated rings. The van der Waals surface area contributed by atoms with Gasteiger partial charge < -0.3 is 14.7 Å². The zero-order valence-electron chi connectivity index (χ0n) is 11.2. The molecule has 1 N–H and O–H groups in total. The standard InChI is InChI=1S/C13H14F3NO4/c1-2-17(7-12(19)20)11(18)8-21-10-6-4-3-5-9(10)13(14,15)16/h3-6H,2,7-8H2,1H3,(H,19,20). The van der Waals surface area contributed by atoms with Crippen molar-refractivity contribution in [2.45, 2.75) is 13.1 Å². The molecule has 0 aliphatic carbocycles. The molecule has 116 valence electrons. The molecular weight excluding hydrogens is 291 g/mol. The van der Waals surface area contributed by atoms with Crippen LogP contribution in [0.25, 0.3) is 0 Å². The lowest BCUT2D eigenvalue weighted by Crippen LogP contribution is -2.38. The molecule has 21 heavy (non-hydrogen) atoms. The van der Waals surface area contributed by atoms with E-state index in [1.54, 1.807) is 6.92 Å². The second-order valence-electron chi connectivity index (χ2n) is 4.08. The highest BCUT2D eigenvalue weighted by Crippen LogP contribution is 2.35. The summed E-state index contributed by atoms with van der Waals surface area (Å²) in [5, 5.41) is 8.62. The van der Waals surface area contributed by atoms with Crippen LogP contribution in [-0.4, -0.2) is 41.6 Å². The van der Waals surface area contributed by atoms with Crippen molar-refractivity contribution in [2.75, 3.05) is 19.7 Å². The Labute approximate surface area is 118 Å². The number of halogens is 3. The van der Waals surface area contributed by atoms with Crippen molar-refractivity contribution >= 4 is 11.9 Å². The van der Waals surface area contributed by atoms with Crippen LogP contribution in [0.3, 0.4) is 0 Å². The Bertz CT molecular complexity index is 516. The number of para-hydroxylation sites is 1. The van der Waals surface area contributed by atoms with Gasteiger partial charge in [0.05, 0.1) is 5.56 Å². The van der Waals surface area contributed by atoms with Gasteiger partial charge >= 0.3 is 12.1 Å². The van der Waals surface area contributed by atoms with Gasteiger partial charge in [-0.3, -0.25) is 9.59 Å². The van der Waals surface area contributed by atoms with Crippen LogP contribution < -0.4 is 4.74 Å². The quantitative estimate of drug-likeness (QED) is 0.873. The molecule has 5 nitrogen and oxygen atoms in total. The number of carbonyl (C=O) groups is 2. The van der Waals surface area contributed by atoms with Crippen LogP contribution in [0.1, 0.15) is 12.5 Å². The number of aliphatic carboxylic acids is 1. The summed E-state index contributed by atoms with van der Waals surface area (Å²) >= 11 is 0. The monoisotopic (exact) mass is 305 g/mol. The minimum absolute atomic E-state index is 0.120. The van der Waals surface area contributed by atoms with Gasteiger partial charge in [-0.25, -0.2) is 0 Å². The number of carboxylic acids is 1. The number of amides is 1. The molecule has 0 saturated carbocycles. The molecule has 1 aromatic rings. The van der Waals surface area contributed by atoms with Crippen LogP contribution in [0.2, 0.25) is 0 Å². The first-order valence-electron chi connectivity index (χ1n) is 6.04. The van der Waals surface area contributed by atoms with Crippen molar-refractivity contribution in [2.24, 2.45) is 0 Å². The largest absolute Gasteiger partial charge is 0.483 e. The summed E-state index contributed by atoms with van der Waals surface area (Å²) in [6.07, 6.45) is -4.59. The SMILES string of the molecule is CCN(CC(=O)O)C(=O)COc1ccccc1C(F)(F)F. The summed E-state index contributed by atoms with van der Waals surface area (Å²) in [5.74, 6) is -2.37. The topological polar surface area (TPSA) is 66.8 Å². The second kappa shape index (κ2) is 6.96. The Hall–Kier alpha value is -2.25. The van der Waals surface area contributed by atoms with Crippen LogP contribution >= 0.6 is 0 Å². The second-order valence-corrected chi connectivity index (χ2v) is 4.08. The predicted molar refractivity (Wildman–Crippen MR) is 66.8 cm³/mol. The number of alkyl halides is 3. The number of carbonyl (C=O) groups excluding carboxylic acids is 1. The van der Waals surface area contributed by atoms with Crippen LogP contribution in [-0.2, 0) is 15.8 Å². The van der Waals surface area contributed by atoms with Crippen molar-refractivity contribution < 1.29 is 32.6 Å². The Morgan fingerprint density at radius 2 is 1.90 bits per heavy atom. The molecule has 0 aliphatic rings. The van der Waals surface area contributed by atoms with Crippen molar-refractivity contribution in [3.05, 3.63) is 29.8 Å². The molecule has 0 bridgehead atoms. The van der Waals surface area contributed by atoms with E-state index in [0.29, 0.717) is 0 Å². The van der Waals surface area contributed by atoms with E-state index in [9.17, 15) is 22.8 Å². The smallest absolute Gasteiger partial charge is 0.419 e. The zero-order valence-corrected chi connectivity index (χ0v) is 11.2. The fourth-order valence-corrected chi connectivity index (χ4v) is 1.60. The highest BCUT2D eigenvalue weighted by atomic mass is 19.4. The van der Waals surface area contributed by atoms with Crippen molar-refractivity contribution in [3.63, 3.8) is 0 Å². The summed E-state index contributed by atoms with van der Waals surface area (Å²) in [4.78, 5) is 23.2. The number of hydrogen-bond donors (Lipinski definition) is 1. The van der Waals surface area contributed by atoms with Gasteiger partial charge in [-0.05, 0) is 19.1 Å². The Kier molecular flexibility index (Phi) is 5.57. The summed E-state index contributed by atoms with van der Waals surface area (Å²) in [6, 6.07) is 4.50. The maximum atomic E-state index is 12.7. The van der Waals surface area contributed by atoms with Crippen LogP contribution in [0.4, 0.5) is 13.2 Å². The summed E-state index contributed by atoms with van der Waals surface area (Å²) in [7, 11) is 0. The van der Waals surface area contributed by atoms with Gasteiger partial charge in [-0.15, -0.1) is 0 Å². The van der Waals surface area contributed by atoms with Crippen molar-refractivity contribution in [1.29, 1.82) is 0 Å². The van der Waals surface area contributed by atoms with Crippen molar-refractivity contribution in [3.8, 4) is 5.75 Å². The molecule has 0 spiro atoms. The predicted octanol–water partition coefficient (Wildman–Crippen LogP) is 2.02. The number of likely N-dealkylation sites (N-methyl/N-ethyl adjacent to an activating group) is 1. The van der Waals surface area contributed by atoms with Crippen LogP contribution in [0.15, 0.2) is 24.3 Å². The summed E-state index contributed by atoms with van der Waals surface area (Å²) < 4.78 is 43.0. The third-order valence-corrected chi connectivity index (χ3v) is 2.60. The van der Waals surface area contributed by atoms with Gasteiger partial charge in [0.2, 0.25) is 0 Å². The third kappa shape index (κ3) is 4.97. The van der Waals surface area contributed by atoms with E-state index in [0.717, 1.165) is 17.0 Å². The fourth-order valence-electron chi connectivity index (χ4n) is 1.60. The molecule has 1 amide bonds. The number of ether oxygens (including phenoxy) is 1. The average Bonchev–Trinajstić information content (AvgIpc) is 2.41. The van der Waals surface area contributed by atoms with E-state index < -0.39 is 42.5 Å². The van der Waals surface area contributed by atoms with E-state index in [1.165, 1.54) is 12.1 Å². The lowest BCUT2D eigenvalue weighted by molar-refractivity contribution is -0.145. The number of rotatable bonds is 6. The molecule has 0 unspecified atom stereocenters. The van der Waals surface area contributed by atoms with Gasteiger partial charge in [0, 0.05) is 6.54 Å². The molecular formula is C13H14F3NO4. The Morgan fingerprint density at radius 1 is 1.29 bits per heavy atom. The van der Waals surface area contributed by atoms with Gasteiger partial charge in [-0.2, -0.15) is 13.2 Å². The van der Waals surface area contributed by atoms with E-state index in [-0.39, 0.29) is 6.54 Å². The first kappa shape index (κ1) is 16.8. The van der Waals surface area contributed by atoms with E-state index >= 15 is 0 Å². The van der Waals surface area contributed by atoms with E-state index in [2.05, 4.69) is 0 Å².